The van der Waals surface area contributed by atoms with Crippen LogP contribution in [-0.2, 0) is 32.6 Å². The number of halogens is 1. The SMILES string of the molecule is CC[C@H](C)NC(=O)[C@H](Cc1ccccc1)N(Cc1ccccc1)C(=O)CN(C)S(=O)(=O)c1ccc(Cl)cc1. The number of carbonyl (C=O) groups is 2. The number of hydrogen-bond acceptors (Lipinski definition) is 4. The zero-order chi connectivity index (χ0) is 27.7. The molecule has 1 N–H and O–H groups in total. The number of sulfonamides is 1. The van der Waals surface area contributed by atoms with Crippen LogP contribution in [0.3, 0.4) is 0 Å². The highest BCUT2D eigenvalue weighted by atomic mass is 35.5. The molecule has 3 rings (SSSR count). The second-order valence-corrected chi connectivity index (χ2v) is 11.7. The molecule has 0 radical (unpaired) electrons. The van der Waals surface area contributed by atoms with Gasteiger partial charge in [0.15, 0.2) is 0 Å². The Labute approximate surface area is 230 Å². The van der Waals surface area contributed by atoms with Crippen LogP contribution in [0.15, 0.2) is 89.8 Å². The summed E-state index contributed by atoms with van der Waals surface area (Å²) in [6, 6.07) is 23.7. The zero-order valence-electron chi connectivity index (χ0n) is 21.9. The van der Waals surface area contributed by atoms with Gasteiger partial charge in [0.25, 0.3) is 0 Å². The Morgan fingerprint density at radius 3 is 2.00 bits per heavy atom. The summed E-state index contributed by atoms with van der Waals surface area (Å²) in [6.07, 6.45) is 1.02. The zero-order valence-corrected chi connectivity index (χ0v) is 23.5. The monoisotopic (exact) mass is 555 g/mol. The Morgan fingerprint density at radius 2 is 1.45 bits per heavy atom. The molecule has 3 aromatic carbocycles. The molecular weight excluding hydrogens is 522 g/mol. The van der Waals surface area contributed by atoms with E-state index in [1.165, 1.54) is 36.2 Å². The Bertz CT molecular complexity index is 1300. The average molecular weight is 556 g/mol. The fraction of sp³-hybridized carbons (Fsp3) is 0.310. The molecule has 0 aliphatic heterocycles. The van der Waals surface area contributed by atoms with Gasteiger partial charge in [-0.1, -0.05) is 79.2 Å². The molecule has 0 spiro atoms. The van der Waals surface area contributed by atoms with Gasteiger partial charge in [0.05, 0.1) is 11.4 Å². The highest BCUT2D eigenvalue weighted by molar-refractivity contribution is 7.89. The van der Waals surface area contributed by atoms with Crippen LogP contribution in [0.2, 0.25) is 5.02 Å². The molecule has 2 amide bonds. The van der Waals surface area contributed by atoms with Gasteiger partial charge in [-0.25, -0.2) is 8.42 Å². The van der Waals surface area contributed by atoms with Gasteiger partial charge in [-0.15, -0.1) is 0 Å². The van der Waals surface area contributed by atoms with E-state index in [2.05, 4.69) is 5.32 Å². The third-order valence-corrected chi connectivity index (χ3v) is 8.42. The van der Waals surface area contributed by atoms with E-state index in [9.17, 15) is 18.0 Å². The molecule has 7 nitrogen and oxygen atoms in total. The van der Waals surface area contributed by atoms with Crippen molar-refractivity contribution >= 4 is 33.4 Å². The van der Waals surface area contributed by atoms with Crippen molar-refractivity contribution < 1.29 is 18.0 Å². The molecular formula is C29H34ClN3O4S. The number of likely N-dealkylation sites (N-methyl/N-ethyl adjacent to an activating group) is 1. The van der Waals surface area contributed by atoms with Crippen molar-refractivity contribution in [3.63, 3.8) is 0 Å². The number of carbonyl (C=O) groups excluding carboxylic acids is 2. The predicted molar refractivity (Wildman–Crippen MR) is 150 cm³/mol. The smallest absolute Gasteiger partial charge is 0.243 e. The Hall–Kier alpha value is -3.20. The molecule has 3 aromatic rings. The van der Waals surface area contributed by atoms with Gasteiger partial charge in [-0.3, -0.25) is 9.59 Å². The molecule has 0 saturated carbocycles. The highest BCUT2D eigenvalue weighted by Gasteiger charge is 2.33. The third kappa shape index (κ3) is 7.90. The summed E-state index contributed by atoms with van der Waals surface area (Å²) in [5, 5.41) is 3.42. The van der Waals surface area contributed by atoms with E-state index in [-0.39, 0.29) is 29.8 Å². The Morgan fingerprint density at radius 1 is 0.895 bits per heavy atom. The van der Waals surface area contributed by atoms with Crippen LogP contribution in [0.1, 0.15) is 31.4 Å². The van der Waals surface area contributed by atoms with E-state index in [1.54, 1.807) is 0 Å². The lowest BCUT2D eigenvalue weighted by Crippen LogP contribution is -2.54. The molecule has 202 valence electrons. The molecule has 0 saturated heterocycles. The van der Waals surface area contributed by atoms with E-state index < -0.39 is 28.5 Å². The van der Waals surface area contributed by atoms with E-state index in [1.807, 2.05) is 74.5 Å². The van der Waals surface area contributed by atoms with Gasteiger partial charge in [0, 0.05) is 31.1 Å². The fourth-order valence-corrected chi connectivity index (χ4v) is 5.17. The van der Waals surface area contributed by atoms with Crippen molar-refractivity contribution in [2.75, 3.05) is 13.6 Å². The standard InChI is InChI=1S/C29H34ClN3O4S/c1-4-22(2)31-29(35)27(19-23-11-7-5-8-12-23)33(20-24-13-9-6-10-14-24)28(34)21-32(3)38(36,37)26-17-15-25(30)16-18-26/h5-18,22,27H,4,19-21H2,1-3H3,(H,31,35)/t22-,27-/m0/s1. The average Bonchev–Trinajstić information content (AvgIpc) is 2.91. The molecule has 9 heteroatoms. The summed E-state index contributed by atoms with van der Waals surface area (Å²) in [4.78, 5) is 28.8. The number of amides is 2. The van der Waals surface area contributed by atoms with Crippen LogP contribution in [0, 0.1) is 0 Å². The lowest BCUT2D eigenvalue weighted by atomic mass is 10.0. The van der Waals surface area contributed by atoms with E-state index in [0.29, 0.717) is 5.02 Å². The summed E-state index contributed by atoms with van der Waals surface area (Å²) in [7, 11) is -2.60. The molecule has 38 heavy (non-hydrogen) atoms. The minimum absolute atomic E-state index is 0.0298. The number of hydrogen-bond donors (Lipinski definition) is 1. The van der Waals surface area contributed by atoms with Crippen molar-refractivity contribution in [1.82, 2.24) is 14.5 Å². The van der Waals surface area contributed by atoms with Gasteiger partial charge in [0.1, 0.15) is 6.04 Å². The normalized spacial score (nSPS) is 13.1. The molecule has 2 atom stereocenters. The first-order chi connectivity index (χ1) is 18.1. The van der Waals surface area contributed by atoms with Crippen molar-refractivity contribution in [3.8, 4) is 0 Å². The fourth-order valence-electron chi connectivity index (χ4n) is 3.93. The first-order valence-electron chi connectivity index (χ1n) is 12.5. The van der Waals surface area contributed by atoms with E-state index in [4.69, 9.17) is 11.6 Å². The number of benzene rings is 3. The lowest BCUT2D eigenvalue weighted by Gasteiger charge is -2.33. The quantitative estimate of drug-likeness (QED) is 0.356. The van der Waals surface area contributed by atoms with Crippen molar-refractivity contribution in [3.05, 3.63) is 101 Å². The number of nitrogens with zero attached hydrogens (tertiary/aromatic N) is 2. The first kappa shape index (κ1) is 29.4. The maximum absolute atomic E-state index is 13.8. The highest BCUT2D eigenvalue weighted by Crippen LogP contribution is 2.20. The molecule has 0 fully saturated rings. The van der Waals surface area contributed by atoms with Gasteiger partial charge in [-0.2, -0.15) is 4.31 Å². The largest absolute Gasteiger partial charge is 0.352 e. The van der Waals surface area contributed by atoms with Crippen molar-refractivity contribution in [2.24, 2.45) is 0 Å². The molecule has 0 aliphatic carbocycles. The minimum Gasteiger partial charge on any atom is -0.352 e. The van der Waals surface area contributed by atoms with Gasteiger partial charge in [-0.05, 0) is 48.7 Å². The summed E-state index contributed by atoms with van der Waals surface area (Å²) < 4.78 is 27.3. The number of rotatable bonds is 12. The van der Waals surface area contributed by atoms with E-state index >= 15 is 0 Å². The Kier molecular flexibility index (Phi) is 10.5. The third-order valence-electron chi connectivity index (χ3n) is 6.35. The summed E-state index contributed by atoms with van der Waals surface area (Å²) in [5.41, 5.74) is 1.73. The van der Waals surface area contributed by atoms with Gasteiger partial charge >= 0.3 is 0 Å². The van der Waals surface area contributed by atoms with Crippen LogP contribution < -0.4 is 5.32 Å². The summed E-state index contributed by atoms with van der Waals surface area (Å²) >= 11 is 5.91. The minimum atomic E-state index is -3.96. The van der Waals surface area contributed by atoms with Crippen molar-refractivity contribution in [1.29, 1.82) is 0 Å². The molecule has 0 aromatic heterocycles. The van der Waals surface area contributed by atoms with E-state index in [0.717, 1.165) is 21.9 Å². The molecule has 0 bridgehead atoms. The predicted octanol–water partition coefficient (Wildman–Crippen LogP) is 4.52. The lowest BCUT2D eigenvalue weighted by molar-refractivity contribution is -0.141. The second-order valence-electron chi connectivity index (χ2n) is 9.25. The second kappa shape index (κ2) is 13.6. The van der Waals surface area contributed by atoms with Crippen LogP contribution >= 0.6 is 11.6 Å². The topological polar surface area (TPSA) is 86.8 Å². The molecule has 0 unspecified atom stereocenters. The van der Waals surface area contributed by atoms with Crippen molar-refractivity contribution in [2.45, 2.75) is 50.2 Å². The van der Waals surface area contributed by atoms with Gasteiger partial charge in [0.2, 0.25) is 21.8 Å². The van der Waals surface area contributed by atoms with Crippen LogP contribution in [0.25, 0.3) is 0 Å². The molecule has 0 heterocycles. The van der Waals surface area contributed by atoms with Crippen LogP contribution in [0.4, 0.5) is 0 Å². The summed E-state index contributed by atoms with van der Waals surface area (Å²) in [6.45, 7) is 3.60. The Balaban J connectivity index is 1.95. The van der Waals surface area contributed by atoms with Gasteiger partial charge < -0.3 is 10.2 Å². The first-order valence-corrected chi connectivity index (χ1v) is 14.3. The summed E-state index contributed by atoms with van der Waals surface area (Å²) in [5.74, 6) is -0.759. The maximum Gasteiger partial charge on any atom is 0.243 e. The number of nitrogens with one attached hydrogen (secondary N) is 1. The van der Waals surface area contributed by atoms with Crippen LogP contribution in [-0.4, -0.2) is 55.1 Å². The maximum atomic E-state index is 13.8. The molecule has 0 aliphatic rings. The van der Waals surface area contributed by atoms with Crippen LogP contribution in [0.5, 0.6) is 0 Å².